The monoisotopic (exact) mass is 122 g/mol. The smallest absolute Gasteiger partial charge is 0.0700 e. The summed E-state index contributed by atoms with van der Waals surface area (Å²) >= 11 is 0. The Balaban J connectivity index is 2.65. The molecule has 2 heteroatoms. The van der Waals surface area contributed by atoms with E-state index in [9.17, 15) is 0 Å². The van der Waals surface area contributed by atoms with E-state index < -0.39 is 0 Å². The summed E-state index contributed by atoms with van der Waals surface area (Å²) in [6, 6.07) is 0. The van der Waals surface area contributed by atoms with Crippen molar-refractivity contribution in [1.82, 2.24) is 0 Å². The Labute approximate surface area is 53.6 Å². The number of rotatable bonds is 5. The van der Waals surface area contributed by atoms with E-state index in [-0.39, 0.29) is 0 Å². The zero-order valence-electron chi connectivity index (χ0n) is 7.06. The molecule has 0 aliphatic carbocycles. The highest BCUT2D eigenvalue weighted by atomic mass is 16.5. The Hall–Kier alpha value is -0.0800. The Kier molecular flexibility index (Phi) is 4.12. The molecule has 50 valence electrons. The molecule has 0 aliphatic heterocycles. The van der Waals surface area contributed by atoms with Crippen molar-refractivity contribution in [3.8, 4) is 0 Å². The van der Waals surface area contributed by atoms with E-state index in [1.165, 1.54) is 0 Å². The van der Waals surface area contributed by atoms with Crippen LogP contribution in [0.1, 0.15) is 16.5 Å². The second-order valence-corrected chi connectivity index (χ2v) is 1.22. The molecule has 0 bridgehead atoms. The third kappa shape index (κ3) is 5.92. The maximum absolute atomic E-state index is 6.72. The second kappa shape index (κ2) is 6.92. The predicted octanol–water partition coefficient (Wildman–Crippen LogP) is 1.06. The standard InChI is InChI=1S/C6H14O2/c1-3-7-5-6-8-4-2/h3-6H2,1-2H3/i1T,2T. The van der Waals surface area contributed by atoms with Crippen LogP contribution in [-0.2, 0) is 9.47 Å². The van der Waals surface area contributed by atoms with Gasteiger partial charge in [0.05, 0.1) is 13.2 Å². The highest BCUT2D eigenvalue weighted by Crippen LogP contribution is 1.75. The lowest BCUT2D eigenvalue weighted by Gasteiger charge is -1.99. The molecule has 2 nitrogen and oxygen atoms in total. The SMILES string of the molecule is [3H]CCOCCOCC[3H]. The van der Waals surface area contributed by atoms with Gasteiger partial charge in [0.25, 0.3) is 0 Å². The van der Waals surface area contributed by atoms with E-state index in [0.717, 1.165) is 0 Å². The largest absolute Gasteiger partial charge is 0.379 e. The summed E-state index contributed by atoms with van der Waals surface area (Å²) in [4.78, 5) is 0. The van der Waals surface area contributed by atoms with Gasteiger partial charge in [0.2, 0.25) is 0 Å². The first-order valence-corrected chi connectivity index (χ1v) is 2.65. The van der Waals surface area contributed by atoms with Gasteiger partial charge in [-0.3, -0.25) is 0 Å². The lowest BCUT2D eigenvalue weighted by atomic mass is 10.7. The Morgan fingerprint density at radius 2 is 1.62 bits per heavy atom. The van der Waals surface area contributed by atoms with Crippen LogP contribution in [0.15, 0.2) is 0 Å². The molecule has 0 atom stereocenters. The van der Waals surface area contributed by atoms with Crippen LogP contribution in [0, 0.1) is 0 Å². The van der Waals surface area contributed by atoms with Crippen LogP contribution >= 0.6 is 0 Å². The molecule has 0 aromatic carbocycles. The predicted molar refractivity (Wildman–Crippen MR) is 33.0 cm³/mol. The third-order valence-electron chi connectivity index (χ3n) is 0.661. The van der Waals surface area contributed by atoms with Gasteiger partial charge in [-0.15, -0.1) is 0 Å². The summed E-state index contributed by atoms with van der Waals surface area (Å²) < 4.78 is 23.4. The van der Waals surface area contributed by atoms with Crippen LogP contribution in [0.4, 0.5) is 0 Å². The molecule has 0 N–H and O–H groups in total. The van der Waals surface area contributed by atoms with Crippen LogP contribution in [0.2, 0.25) is 0 Å². The van der Waals surface area contributed by atoms with Gasteiger partial charge in [-0.25, -0.2) is 0 Å². The van der Waals surface area contributed by atoms with Crippen molar-refractivity contribution in [3.05, 3.63) is 0 Å². The maximum Gasteiger partial charge on any atom is 0.0700 e. The Morgan fingerprint density at radius 3 is 2.00 bits per heavy atom. The summed E-state index contributed by atoms with van der Waals surface area (Å²) in [5.41, 5.74) is 0. The molecular weight excluding hydrogens is 104 g/mol. The summed E-state index contributed by atoms with van der Waals surface area (Å²) in [6.45, 7) is 2.64. The first-order valence-electron chi connectivity index (χ1n) is 4.07. The van der Waals surface area contributed by atoms with Crippen molar-refractivity contribution < 1.29 is 12.2 Å². The minimum atomic E-state index is 0.304. The fraction of sp³-hybridized carbons (Fsp3) is 1.00. The second-order valence-electron chi connectivity index (χ2n) is 1.22. The average molecular weight is 122 g/mol. The molecule has 0 radical (unpaired) electrons. The first-order chi connectivity index (χ1) is 4.91. The molecule has 0 saturated carbocycles. The highest BCUT2D eigenvalue weighted by Gasteiger charge is 1.81. The van der Waals surface area contributed by atoms with Gasteiger partial charge in [0.15, 0.2) is 0 Å². The molecule has 0 fully saturated rings. The molecule has 0 spiro atoms. The Morgan fingerprint density at radius 1 is 1.12 bits per heavy atom. The molecule has 0 aromatic heterocycles. The molecule has 8 heavy (non-hydrogen) atoms. The highest BCUT2D eigenvalue weighted by molar-refractivity contribution is 4.24. The van der Waals surface area contributed by atoms with Crippen LogP contribution in [0.3, 0.4) is 0 Å². The van der Waals surface area contributed by atoms with E-state index in [4.69, 9.17) is 12.2 Å². The minimum absolute atomic E-state index is 0.304. The summed E-state index contributed by atoms with van der Waals surface area (Å²) in [7, 11) is 0. The maximum atomic E-state index is 6.72. The van der Waals surface area contributed by atoms with E-state index in [1.807, 2.05) is 0 Å². The molecule has 0 amide bonds. The van der Waals surface area contributed by atoms with Crippen molar-refractivity contribution in [2.75, 3.05) is 26.4 Å². The van der Waals surface area contributed by atoms with Gasteiger partial charge in [-0.05, 0) is 13.8 Å². The fourth-order valence-corrected chi connectivity index (χ4v) is 0.322. The molecular formula is C6H14O2. The van der Waals surface area contributed by atoms with Crippen LogP contribution < -0.4 is 0 Å². The third-order valence-corrected chi connectivity index (χ3v) is 0.661. The normalized spacial score (nSPS) is 13.0. The summed E-state index contributed by atoms with van der Waals surface area (Å²) in [5.74, 6) is 0. The van der Waals surface area contributed by atoms with E-state index in [1.54, 1.807) is 0 Å². The van der Waals surface area contributed by atoms with Crippen LogP contribution in [0.25, 0.3) is 0 Å². The molecule has 0 rings (SSSR count). The van der Waals surface area contributed by atoms with Gasteiger partial charge < -0.3 is 9.47 Å². The lowest BCUT2D eigenvalue weighted by molar-refractivity contribution is 0.0584. The Bertz CT molecular complexity index is 53.7. The zero-order valence-corrected chi connectivity index (χ0v) is 5.06. The van der Waals surface area contributed by atoms with E-state index in [2.05, 4.69) is 0 Å². The van der Waals surface area contributed by atoms with Crippen LogP contribution in [0.5, 0.6) is 0 Å². The quantitative estimate of drug-likeness (QED) is 0.508. The molecule has 0 heterocycles. The summed E-state index contributed by atoms with van der Waals surface area (Å²) in [5, 5.41) is 0. The van der Waals surface area contributed by atoms with Gasteiger partial charge in [0, 0.05) is 16.0 Å². The zero-order chi connectivity index (χ0) is 7.66. The van der Waals surface area contributed by atoms with Gasteiger partial charge in [0.1, 0.15) is 0 Å². The first kappa shape index (κ1) is 4.77. The van der Waals surface area contributed by atoms with Crippen molar-refractivity contribution in [3.63, 3.8) is 0 Å². The summed E-state index contributed by atoms with van der Waals surface area (Å²) in [6.07, 6.45) is 0. The number of ether oxygens (including phenoxy) is 2. The molecule has 0 saturated heterocycles. The van der Waals surface area contributed by atoms with Crippen molar-refractivity contribution in [2.24, 2.45) is 0 Å². The molecule has 0 unspecified atom stereocenters. The van der Waals surface area contributed by atoms with Gasteiger partial charge in [-0.2, -0.15) is 0 Å². The van der Waals surface area contributed by atoms with E-state index >= 15 is 0 Å². The minimum Gasteiger partial charge on any atom is -0.379 e. The van der Waals surface area contributed by atoms with E-state index in [0.29, 0.717) is 40.2 Å². The van der Waals surface area contributed by atoms with Crippen molar-refractivity contribution >= 4 is 0 Å². The average Bonchev–Trinajstić information content (AvgIpc) is 1.97. The number of hydrogen-bond acceptors (Lipinski definition) is 2. The fourth-order valence-electron chi connectivity index (χ4n) is 0.322. The molecule has 0 aromatic rings. The van der Waals surface area contributed by atoms with Crippen molar-refractivity contribution in [1.29, 1.82) is 0 Å². The van der Waals surface area contributed by atoms with Gasteiger partial charge >= 0.3 is 0 Å². The number of hydrogen-bond donors (Lipinski definition) is 0. The molecule has 0 aliphatic rings. The van der Waals surface area contributed by atoms with Gasteiger partial charge in [-0.1, -0.05) is 0 Å². The topological polar surface area (TPSA) is 18.5 Å². The van der Waals surface area contributed by atoms with Crippen molar-refractivity contribution in [2.45, 2.75) is 13.8 Å². The van der Waals surface area contributed by atoms with Crippen LogP contribution in [-0.4, -0.2) is 26.4 Å². The lowest BCUT2D eigenvalue weighted by Crippen LogP contribution is -2.02.